The molecule has 0 aliphatic rings. The summed E-state index contributed by atoms with van der Waals surface area (Å²) in [4.78, 5) is 50.2. The molecule has 12 heteroatoms. The Kier molecular flexibility index (Phi) is 10.6. The number of rotatable bonds is 10. The van der Waals surface area contributed by atoms with Crippen molar-refractivity contribution in [3.8, 4) is 0 Å². The summed E-state index contributed by atoms with van der Waals surface area (Å²) in [5.74, 6) is -1.40. The van der Waals surface area contributed by atoms with E-state index in [2.05, 4.69) is 16.0 Å². The Bertz CT molecular complexity index is 1700. The molecular formula is C31H24Cl2N4O5S. The largest absolute Gasteiger partial charge is 0.324 e. The number of amides is 3. The first-order valence-corrected chi connectivity index (χ1v) is 14.4. The number of nitro groups is 1. The molecule has 4 aromatic carbocycles. The Balaban J connectivity index is 1.49. The van der Waals surface area contributed by atoms with Crippen LogP contribution in [0, 0.1) is 10.1 Å². The summed E-state index contributed by atoms with van der Waals surface area (Å²) in [6.45, 7) is 1.74. The quantitative estimate of drug-likeness (QED) is 0.0719. The van der Waals surface area contributed by atoms with E-state index < -0.39 is 22.0 Å². The average molecular weight is 636 g/mol. The first-order valence-electron chi connectivity index (χ1n) is 12.8. The molecule has 4 aromatic rings. The standard InChI is InChI=1S/C31H24Cl2N4O5S/c1-19(29(38)35-27-15-12-22(32)17-26(27)33)43-25-9-5-8-23(18-25)34-31(40)28(36-30(39)21-6-3-2-4-7-21)16-20-10-13-24(14-11-20)37(41)42/h2-19H,1H3,(H,34,40)(H,35,38)(H,36,39)/b28-16+. The van der Waals surface area contributed by atoms with Crippen LogP contribution in [0.15, 0.2) is 108 Å². The fourth-order valence-corrected chi connectivity index (χ4v) is 5.11. The molecule has 0 spiro atoms. The molecule has 9 nitrogen and oxygen atoms in total. The Labute approximate surface area is 261 Å². The maximum atomic E-state index is 13.4. The third-order valence-electron chi connectivity index (χ3n) is 5.91. The number of nitrogens with one attached hydrogen (secondary N) is 3. The molecule has 3 amide bonds. The molecule has 0 radical (unpaired) electrons. The minimum absolute atomic E-state index is 0.0756. The monoisotopic (exact) mass is 634 g/mol. The maximum absolute atomic E-state index is 13.4. The van der Waals surface area contributed by atoms with Crippen molar-refractivity contribution in [2.45, 2.75) is 17.1 Å². The lowest BCUT2D eigenvalue weighted by Gasteiger charge is -2.15. The van der Waals surface area contributed by atoms with Crippen molar-refractivity contribution in [2.24, 2.45) is 0 Å². The number of nitro benzene ring substituents is 1. The molecule has 0 saturated carbocycles. The van der Waals surface area contributed by atoms with Gasteiger partial charge in [0, 0.05) is 33.3 Å². The zero-order valence-electron chi connectivity index (χ0n) is 22.5. The molecule has 0 fully saturated rings. The number of hydrogen-bond acceptors (Lipinski definition) is 6. The first-order chi connectivity index (χ1) is 20.6. The predicted octanol–water partition coefficient (Wildman–Crippen LogP) is 7.43. The van der Waals surface area contributed by atoms with E-state index in [9.17, 15) is 24.5 Å². The third-order valence-corrected chi connectivity index (χ3v) is 7.55. The van der Waals surface area contributed by atoms with Crippen LogP contribution in [0.3, 0.4) is 0 Å². The lowest BCUT2D eigenvalue weighted by atomic mass is 10.1. The van der Waals surface area contributed by atoms with Gasteiger partial charge in [-0.2, -0.15) is 0 Å². The van der Waals surface area contributed by atoms with Gasteiger partial charge in [-0.05, 0) is 79.2 Å². The van der Waals surface area contributed by atoms with E-state index in [4.69, 9.17) is 23.2 Å². The van der Waals surface area contributed by atoms with E-state index in [-0.39, 0.29) is 17.3 Å². The molecule has 1 atom stereocenters. The van der Waals surface area contributed by atoms with Crippen LogP contribution in [0.4, 0.5) is 17.1 Å². The van der Waals surface area contributed by atoms with Crippen LogP contribution in [0.1, 0.15) is 22.8 Å². The van der Waals surface area contributed by atoms with Crippen LogP contribution < -0.4 is 16.0 Å². The number of carbonyl (C=O) groups excluding carboxylic acids is 3. The van der Waals surface area contributed by atoms with E-state index in [0.717, 1.165) is 0 Å². The molecule has 43 heavy (non-hydrogen) atoms. The molecule has 1 unspecified atom stereocenters. The molecule has 218 valence electrons. The van der Waals surface area contributed by atoms with Gasteiger partial charge in [-0.15, -0.1) is 11.8 Å². The number of nitrogens with zero attached hydrogens (tertiary/aromatic N) is 1. The van der Waals surface area contributed by atoms with Crippen LogP contribution in [-0.2, 0) is 9.59 Å². The number of halogens is 2. The van der Waals surface area contributed by atoms with E-state index in [1.165, 1.54) is 48.2 Å². The highest BCUT2D eigenvalue weighted by atomic mass is 35.5. The van der Waals surface area contributed by atoms with Gasteiger partial charge >= 0.3 is 0 Å². The maximum Gasteiger partial charge on any atom is 0.272 e. The Morgan fingerprint density at radius 3 is 2.28 bits per heavy atom. The topological polar surface area (TPSA) is 130 Å². The fraction of sp³-hybridized carbons (Fsp3) is 0.0645. The zero-order chi connectivity index (χ0) is 30.9. The Morgan fingerprint density at radius 2 is 1.60 bits per heavy atom. The Hall–Kier alpha value is -4.64. The van der Waals surface area contributed by atoms with Crippen molar-refractivity contribution in [1.82, 2.24) is 5.32 Å². The van der Waals surface area contributed by atoms with Gasteiger partial charge in [-0.3, -0.25) is 24.5 Å². The van der Waals surface area contributed by atoms with Crippen LogP contribution in [-0.4, -0.2) is 27.9 Å². The van der Waals surface area contributed by atoms with E-state index in [1.54, 1.807) is 73.7 Å². The lowest BCUT2D eigenvalue weighted by Crippen LogP contribution is -2.30. The van der Waals surface area contributed by atoms with E-state index >= 15 is 0 Å². The average Bonchev–Trinajstić information content (AvgIpc) is 2.99. The fourth-order valence-electron chi connectivity index (χ4n) is 3.73. The van der Waals surface area contributed by atoms with Gasteiger partial charge in [0.25, 0.3) is 17.5 Å². The summed E-state index contributed by atoms with van der Waals surface area (Å²) in [5.41, 5.74) is 1.49. The number of non-ortho nitro benzene ring substituents is 1. The van der Waals surface area contributed by atoms with Crippen LogP contribution in [0.5, 0.6) is 0 Å². The smallest absolute Gasteiger partial charge is 0.272 e. The molecular weight excluding hydrogens is 611 g/mol. The van der Waals surface area contributed by atoms with Gasteiger partial charge in [0.2, 0.25) is 5.91 Å². The second-order valence-corrected chi connectivity index (χ2v) is 11.3. The second-order valence-electron chi connectivity index (χ2n) is 9.08. The van der Waals surface area contributed by atoms with Crippen molar-refractivity contribution < 1.29 is 19.3 Å². The Morgan fingerprint density at radius 1 is 0.884 bits per heavy atom. The summed E-state index contributed by atoms with van der Waals surface area (Å²) in [5, 5.41) is 19.5. The van der Waals surface area contributed by atoms with Crippen LogP contribution in [0.25, 0.3) is 6.08 Å². The minimum Gasteiger partial charge on any atom is -0.324 e. The third kappa shape index (κ3) is 8.92. The molecule has 0 aliphatic carbocycles. The molecule has 0 saturated heterocycles. The number of anilines is 2. The number of thioether (sulfide) groups is 1. The number of hydrogen-bond donors (Lipinski definition) is 3. The summed E-state index contributed by atoms with van der Waals surface area (Å²) < 4.78 is 0. The molecule has 0 aromatic heterocycles. The van der Waals surface area contributed by atoms with E-state index in [0.29, 0.717) is 37.4 Å². The minimum atomic E-state index is -0.618. The SMILES string of the molecule is CC(Sc1cccc(NC(=O)/C(=C\c2ccc([N+](=O)[O-])cc2)NC(=O)c2ccccc2)c1)C(=O)Nc1ccc(Cl)cc1Cl. The normalized spacial score (nSPS) is 11.7. The molecule has 3 N–H and O–H groups in total. The van der Waals surface area contributed by atoms with Gasteiger partial charge in [-0.25, -0.2) is 0 Å². The van der Waals surface area contributed by atoms with Crippen molar-refractivity contribution in [2.75, 3.05) is 10.6 Å². The van der Waals surface area contributed by atoms with E-state index in [1.807, 2.05) is 0 Å². The van der Waals surface area contributed by atoms with Gasteiger partial charge in [0.15, 0.2) is 0 Å². The molecule has 0 bridgehead atoms. The first kappa shape index (κ1) is 31.3. The van der Waals surface area contributed by atoms with Gasteiger partial charge in [0.05, 0.1) is 20.9 Å². The predicted molar refractivity (Wildman–Crippen MR) is 170 cm³/mol. The van der Waals surface area contributed by atoms with Crippen LogP contribution >= 0.6 is 35.0 Å². The zero-order valence-corrected chi connectivity index (χ0v) is 24.9. The number of benzene rings is 4. The highest BCUT2D eigenvalue weighted by molar-refractivity contribution is 8.00. The summed E-state index contributed by atoms with van der Waals surface area (Å²) in [6, 6.07) is 25.6. The summed E-state index contributed by atoms with van der Waals surface area (Å²) in [7, 11) is 0. The summed E-state index contributed by atoms with van der Waals surface area (Å²) in [6.07, 6.45) is 1.42. The number of carbonyl (C=O) groups is 3. The molecule has 0 heterocycles. The van der Waals surface area contributed by atoms with Gasteiger partial charge < -0.3 is 16.0 Å². The molecule has 4 rings (SSSR count). The highest BCUT2D eigenvalue weighted by Crippen LogP contribution is 2.29. The second kappa shape index (κ2) is 14.5. The van der Waals surface area contributed by atoms with Crippen molar-refractivity contribution in [1.29, 1.82) is 0 Å². The van der Waals surface area contributed by atoms with Crippen LogP contribution in [0.2, 0.25) is 10.0 Å². The molecule has 0 aliphatic heterocycles. The van der Waals surface area contributed by atoms with Crippen molar-refractivity contribution >= 4 is 75.8 Å². The lowest BCUT2D eigenvalue weighted by molar-refractivity contribution is -0.384. The van der Waals surface area contributed by atoms with Crippen molar-refractivity contribution in [3.63, 3.8) is 0 Å². The van der Waals surface area contributed by atoms with Gasteiger partial charge in [-0.1, -0.05) is 47.5 Å². The van der Waals surface area contributed by atoms with Crippen molar-refractivity contribution in [3.05, 3.63) is 134 Å². The van der Waals surface area contributed by atoms with Gasteiger partial charge in [0.1, 0.15) is 5.70 Å². The highest BCUT2D eigenvalue weighted by Gasteiger charge is 2.18. The summed E-state index contributed by atoms with van der Waals surface area (Å²) >= 11 is 13.4.